The zero-order valence-corrected chi connectivity index (χ0v) is 14.7. The summed E-state index contributed by atoms with van der Waals surface area (Å²) in [6, 6.07) is 5.39. The van der Waals surface area contributed by atoms with Crippen LogP contribution in [0, 0.1) is 23.1 Å². The maximum absolute atomic E-state index is 13.3. The van der Waals surface area contributed by atoms with Crippen molar-refractivity contribution in [2.75, 3.05) is 6.54 Å². The van der Waals surface area contributed by atoms with E-state index < -0.39 is 40.7 Å². The van der Waals surface area contributed by atoms with Gasteiger partial charge in [-0.25, -0.2) is 4.39 Å². The molecule has 1 heterocycles. The molecule has 1 saturated heterocycles. The predicted molar refractivity (Wildman–Crippen MR) is 90.5 cm³/mol. The predicted octanol–water partition coefficient (Wildman–Crippen LogP) is 2.75. The third-order valence-electron chi connectivity index (χ3n) is 5.06. The Morgan fingerprint density at radius 3 is 2.36 bits per heavy atom. The summed E-state index contributed by atoms with van der Waals surface area (Å²) in [4.78, 5) is 37.5. The van der Waals surface area contributed by atoms with Crippen molar-refractivity contribution in [3.05, 3.63) is 35.6 Å². The number of nitrogens with one attached hydrogen (secondary N) is 1. The average molecular weight is 349 g/mol. The number of ketones is 1. The third kappa shape index (κ3) is 3.57. The summed E-state index contributed by atoms with van der Waals surface area (Å²) in [7, 11) is 0. The highest BCUT2D eigenvalue weighted by molar-refractivity contribution is 6.05. The molecule has 3 unspecified atom stereocenters. The van der Waals surface area contributed by atoms with Gasteiger partial charge in [0.1, 0.15) is 11.2 Å². The largest absolute Gasteiger partial charge is 0.480 e. The topological polar surface area (TPSA) is 83.5 Å². The van der Waals surface area contributed by atoms with Gasteiger partial charge in [-0.05, 0) is 37.5 Å². The Kier molecular flexibility index (Phi) is 5.60. The molecule has 0 saturated carbocycles. The van der Waals surface area contributed by atoms with Gasteiger partial charge in [-0.3, -0.25) is 14.4 Å². The number of hydrogen-bond acceptors (Lipinski definition) is 3. The Balaban J connectivity index is 2.63. The van der Waals surface area contributed by atoms with Crippen molar-refractivity contribution < 1.29 is 23.9 Å². The summed E-state index contributed by atoms with van der Waals surface area (Å²) < 4.78 is 13.3. The fraction of sp³-hybridized carbons (Fsp3) is 0.526. The van der Waals surface area contributed by atoms with Gasteiger partial charge in [0.25, 0.3) is 0 Å². The molecule has 1 aromatic rings. The summed E-state index contributed by atoms with van der Waals surface area (Å²) in [6.07, 6.45) is 1.20. The molecule has 5 nitrogen and oxygen atoms in total. The summed E-state index contributed by atoms with van der Waals surface area (Å²) in [5.74, 6) is -4.43. The lowest BCUT2D eigenvalue weighted by Crippen LogP contribution is -2.51. The van der Waals surface area contributed by atoms with Crippen molar-refractivity contribution in [3.8, 4) is 0 Å². The smallest absolute Gasteiger partial charge is 0.317 e. The Hall–Kier alpha value is -2.24. The lowest BCUT2D eigenvalue weighted by atomic mass is 9.62. The van der Waals surface area contributed by atoms with Crippen molar-refractivity contribution in [2.24, 2.45) is 17.3 Å². The van der Waals surface area contributed by atoms with E-state index in [0.29, 0.717) is 24.9 Å². The molecule has 0 aliphatic carbocycles. The van der Waals surface area contributed by atoms with E-state index in [9.17, 15) is 23.9 Å². The molecule has 1 aliphatic heterocycles. The number of piperidine rings is 1. The van der Waals surface area contributed by atoms with Crippen molar-refractivity contribution in [2.45, 2.75) is 39.5 Å². The van der Waals surface area contributed by atoms with Gasteiger partial charge in [0.05, 0.1) is 0 Å². The summed E-state index contributed by atoms with van der Waals surface area (Å²) in [6.45, 7) is 5.21. The molecule has 1 aliphatic rings. The van der Waals surface area contributed by atoms with Crippen molar-refractivity contribution in [1.29, 1.82) is 0 Å². The van der Waals surface area contributed by atoms with Crippen LogP contribution in [0.25, 0.3) is 0 Å². The third-order valence-corrected chi connectivity index (χ3v) is 5.06. The molecule has 2 N–H and O–H groups in total. The number of carboxylic acid groups (broad SMARTS) is 1. The second-order valence-electron chi connectivity index (χ2n) is 7.10. The van der Waals surface area contributed by atoms with Gasteiger partial charge < -0.3 is 10.4 Å². The van der Waals surface area contributed by atoms with Crippen molar-refractivity contribution in [1.82, 2.24) is 5.32 Å². The van der Waals surface area contributed by atoms with E-state index in [1.165, 1.54) is 31.2 Å². The van der Waals surface area contributed by atoms with Crippen LogP contribution >= 0.6 is 0 Å². The van der Waals surface area contributed by atoms with Crippen LogP contribution in [-0.2, 0) is 14.4 Å². The van der Waals surface area contributed by atoms with Gasteiger partial charge in [-0.2, -0.15) is 0 Å². The molecule has 0 radical (unpaired) electrons. The van der Waals surface area contributed by atoms with E-state index in [0.717, 1.165) is 0 Å². The van der Waals surface area contributed by atoms with Crippen molar-refractivity contribution >= 4 is 17.7 Å². The van der Waals surface area contributed by atoms with Gasteiger partial charge in [-0.15, -0.1) is 0 Å². The standard InChI is InChI=1S/C19H24FNO4/c1-11(2)16(22)19(3,18(24)25)15(12-6-8-13(20)9-7-12)14-5-4-10-21-17(14)23/h6-9,11,14-15H,4-5,10H2,1-3H3,(H,21,23)(H,24,25). The Morgan fingerprint density at radius 2 is 1.88 bits per heavy atom. The normalized spacial score (nSPS) is 21.3. The lowest BCUT2D eigenvalue weighted by Gasteiger charge is -2.40. The first-order valence-corrected chi connectivity index (χ1v) is 8.50. The molecule has 2 rings (SSSR count). The number of benzene rings is 1. The molecular weight excluding hydrogens is 325 g/mol. The summed E-state index contributed by atoms with van der Waals surface area (Å²) in [5, 5.41) is 12.7. The van der Waals surface area contributed by atoms with E-state index in [2.05, 4.69) is 5.32 Å². The van der Waals surface area contributed by atoms with Gasteiger partial charge in [0, 0.05) is 24.3 Å². The zero-order valence-electron chi connectivity index (χ0n) is 14.7. The molecule has 1 aromatic carbocycles. The second-order valence-corrected chi connectivity index (χ2v) is 7.10. The van der Waals surface area contributed by atoms with Crippen LogP contribution in [0.4, 0.5) is 4.39 Å². The van der Waals surface area contributed by atoms with Crippen LogP contribution in [0.3, 0.4) is 0 Å². The first-order valence-electron chi connectivity index (χ1n) is 8.50. The Morgan fingerprint density at radius 1 is 1.28 bits per heavy atom. The van der Waals surface area contributed by atoms with Crippen molar-refractivity contribution in [3.63, 3.8) is 0 Å². The quantitative estimate of drug-likeness (QED) is 0.774. The highest BCUT2D eigenvalue weighted by atomic mass is 19.1. The van der Waals surface area contributed by atoms with Gasteiger partial charge in [0.2, 0.25) is 5.91 Å². The fourth-order valence-electron chi connectivity index (χ4n) is 3.74. The van der Waals surface area contributed by atoms with Crippen LogP contribution in [-0.4, -0.2) is 29.3 Å². The van der Waals surface area contributed by atoms with E-state index in [-0.39, 0.29) is 5.91 Å². The lowest BCUT2D eigenvalue weighted by molar-refractivity contribution is -0.158. The Bertz CT molecular complexity index is 671. The monoisotopic (exact) mass is 349 g/mol. The van der Waals surface area contributed by atoms with Gasteiger partial charge in [-0.1, -0.05) is 26.0 Å². The number of carbonyl (C=O) groups excluding carboxylic acids is 2. The summed E-state index contributed by atoms with van der Waals surface area (Å²) in [5.41, 5.74) is -1.28. The number of aliphatic carboxylic acids is 1. The van der Waals surface area contributed by atoms with E-state index in [1.54, 1.807) is 13.8 Å². The molecule has 1 fully saturated rings. The van der Waals surface area contributed by atoms with Gasteiger partial charge >= 0.3 is 5.97 Å². The van der Waals surface area contributed by atoms with Crippen LogP contribution in [0.2, 0.25) is 0 Å². The number of amides is 1. The number of Topliss-reactive ketones (excluding diaryl/α,β-unsaturated/α-hetero) is 1. The van der Waals surface area contributed by atoms with E-state index in [4.69, 9.17) is 0 Å². The molecule has 6 heteroatoms. The minimum absolute atomic E-state index is 0.260. The minimum atomic E-state index is -1.77. The molecule has 136 valence electrons. The van der Waals surface area contributed by atoms with Crippen LogP contribution < -0.4 is 5.32 Å². The molecule has 0 spiro atoms. The maximum Gasteiger partial charge on any atom is 0.317 e. The molecule has 0 bridgehead atoms. The van der Waals surface area contributed by atoms with Crippen LogP contribution in [0.1, 0.15) is 45.1 Å². The minimum Gasteiger partial charge on any atom is -0.480 e. The fourth-order valence-corrected chi connectivity index (χ4v) is 3.74. The molecule has 3 atom stereocenters. The molecular formula is C19H24FNO4. The molecule has 25 heavy (non-hydrogen) atoms. The van der Waals surface area contributed by atoms with E-state index >= 15 is 0 Å². The number of carboxylic acids is 1. The second kappa shape index (κ2) is 7.33. The first kappa shape index (κ1) is 19.1. The van der Waals surface area contributed by atoms with Crippen LogP contribution in [0.15, 0.2) is 24.3 Å². The van der Waals surface area contributed by atoms with Crippen LogP contribution in [0.5, 0.6) is 0 Å². The molecule has 0 aromatic heterocycles. The number of carbonyl (C=O) groups is 3. The van der Waals surface area contributed by atoms with Gasteiger partial charge in [0.15, 0.2) is 5.78 Å². The number of rotatable bonds is 6. The Labute approximate surface area is 146 Å². The highest BCUT2D eigenvalue weighted by Crippen LogP contribution is 2.46. The molecule has 1 amide bonds. The number of halogens is 1. The zero-order chi connectivity index (χ0) is 18.8. The summed E-state index contributed by atoms with van der Waals surface area (Å²) >= 11 is 0. The average Bonchev–Trinajstić information content (AvgIpc) is 2.57. The first-order chi connectivity index (χ1) is 11.7. The van der Waals surface area contributed by atoms with E-state index in [1.807, 2.05) is 0 Å². The maximum atomic E-state index is 13.3. The SMILES string of the molecule is CC(C)C(=O)C(C)(C(=O)O)C(c1ccc(F)cc1)C1CCCNC1=O. The highest BCUT2D eigenvalue weighted by Gasteiger charge is 2.53. The number of hydrogen-bond donors (Lipinski definition) is 2.